The van der Waals surface area contributed by atoms with Crippen molar-refractivity contribution in [2.75, 3.05) is 5.32 Å². The quantitative estimate of drug-likeness (QED) is 0.879. The molecule has 0 amide bonds. The maximum atomic E-state index is 5.91. The third-order valence-electron chi connectivity index (χ3n) is 2.84. The van der Waals surface area contributed by atoms with Gasteiger partial charge in [-0.25, -0.2) is 9.97 Å². The first-order chi connectivity index (χ1) is 8.50. The van der Waals surface area contributed by atoms with E-state index in [1.165, 1.54) is 11.9 Å². The van der Waals surface area contributed by atoms with Gasteiger partial charge in [-0.1, -0.05) is 11.6 Å². The summed E-state index contributed by atoms with van der Waals surface area (Å²) in [6.07, 6.45) is 1.43. The Morgan fingerprint density at radius 1 is 1.39 bits per heavy atom. The largest absolute Gasteiger partial charge is 0.365 e. The van der Waals surface area contributed by atoms with Crippen molar-refractivity contribution >= 4 is 33.3 Å². The van der Waals surface area contributed by atoms with E-state index in [1.807, 2.05) is 25.6 Å². The normalized spacial score (nSPS) is 10.7. The van der Waals surface area contributed by atoms with Crippen LogP contribution < -0.4 is 5.32 Å². The Kier molecular flexibility index (Phi) is 3.87. The number of aryl methyl sites for hydroxylation is 2. The van der Waals surface area contributed by atoms with Crippen molar-refractivity contribution < 1.29 is 0 Å². The molecule has 0 radical (unpaired) electrons. The van der Waals surface area contributed by atoms with Crippen LogP contribution in [-0.2, 0) is 13.6 Å². The van der Waals surface area contributed by atoms with E-state index in [9.17, 15) is 0 Å². The molecule has 0 aromatic carbocycles. The lowest BCUT2D eigenvalue weighted by atomic mass is 10.2. The van der Waals surface area contributed by atoms with Crippen molar-refractivity contribution in [1.29, 1.82) is 0 Å². The van der Waals surface area contributed by atoms with E-state index in [0.717, 1.165) is 11.4 Å². The number of halogens is 2. The van der Waals surface area contributed by atoms with Gasteiger partial charge in [-0.3, -0.25) is 4.68 Å². The summed E-state index contributed by atoms with van der Waals surface area (Å²) < 4.78 is 2.54. The molecule has 0 unspecified atom stereocenters. The SMILES string of the molecule is Cc1nn(C)c(C)c1CNc1ncnc(Cl)c1Br. The zero-order valence-electron chi connectivity index (χ0n) is 10.3. The number of hydrogen-bond acceptors (Lipinski definition) is 4. The minimum Gasteiger partial charge on any atom is -0.365 e. The Bertz CT molecular complexity index is 581. The minimum absolute atomic E-state index is 0.395. The van der Waals surface area contributed by atoms with E-state index in [1.54, 1.807) is 0 Å². The van der Waals surface area contributed by atoms with Gasteiger partial charge in [0, 0.05) is 24.8 Å². The van der Waals surface area contributed by atoms with Crippen LogP contribution >= 0.6 is 27.5 Å². The van der Waals surface area contributed by atoms with E-state index in [4.69, 9.17) is 11.6 Å². The third-order valence-corrected chi connectivity index (χ3v) is 4.10. The lowest BCUT2D eigenvalue weighted by Gasteiger charge is -2.08. The molecule has 7 heteroatoms. The predicted molar refractivity (Wildman–Crippen MR) is 74.8 cm³/mol. The maximum absolute atomic E-state index is 5.91. The third kappa shape index (κ3) is 2.49. The fourth-order valence-electron chi connectivity index (χ4n) is 1.72. The minimum atomic E-state index is 0.395. The van der Waals surface area contributed by atoms with Crippen molar-refractivity contribution in [2.45, 2.75) is 20.4 Å². The van der Waals surface area contributed by atoms with E-state index in [-0.39, 0.29) is 0 Å². The van der Waals surface area contributed by atoms with Gasteiger partial charge >= 0.3 is 0 Å². The number of hydrogen-bond donors (Lipinski definition) is 1. The number of rotatable bonds is 3. The molecule has 0 aliphatic carbocycles. The molecule has 2 aromatic heterocycles. The number of nitrogens with zero attached hydrogens (tertiary/aromatic N) is 4. The van der Waals surface area contributed by atoms with Gasteiger partial charge < -0.3 is 5.32 Å². The second-order valence-corrected chi connectivity index (χ2v) is 5.10. The number of aromatic nitrogens is 4. The topological polar surface area (TPSA) is 55.6 Å². The van der Waals surface area contributed by atoms with Gasteiger partial charge in [-0.05, 0) is 29.8 Å². The van der Waals surface area contributed by atoms with Gasteiger partial charge in [0.25, 0.3) is 0 Å². The fourth-order valence-corrected chi connectivity index (χ4v) is 2.20. The molecule has 2 heterocycles. The van der Waals surface area contributed by atoms with Crippen LogP contribution in [0.15, 0.2) is 10.8 Å². The molecule has 2 aromatic rings. The smallest absolute Gasteiger partial charge is 0.148 e. The Labute approximate surface area is 119 Å². The van der Waals surface area contributed by atoms with Gasteiger partial charge in [0.15, 0.2) is 0 Å². The average Bonchev–Trinajstić information content (AvgIpc) is 2.56. The van der Waals surface area contributed by atoms with Gasteiger partial charge in [0.2, 0.25) is 0 Å². The molecule has 0 aliphatic heterocycles. The highest BCUT2D eigenvalue weighted by atomic mass is 79.9. The van der Waals surface area contributed by atoms with E-state index in [0.29, 0.717) is 22.0 Å². The lowest BCUT2D eigenvalue weighted by Crippen LogP contribution is -2.05. The van der Waals surface area contributed by atoms with Crippen LogP contribution in [0, 0.1) is 13.8 Å². The molecule has 0 spiro atoms. The van der Waals surface area contributed by atoms with Crippen LogP contribution in [0.5, 0.6) is 0 Å². The number of anilines is 1. The first-order valence-electron chi connectivity index (χ1n) is 5.39. The van der Waals surface area contributed by atoms with E-state index >= 15 is 0 Å². The van der Waals surface area contributed by atoms with Crippen LogP contribution in [-0.4, -0.2) is 19.7 Å². The molecular weight excluding hydrogens is 318 g/mol. The maximum Gasteiger partial charge on any atom is 0.148 e. The first kappa shape index (κ1) is 13.3. The highest BCUT2D eigenvalue weighted by Crippen LogP contribution is 2.26. The zero-order valence-corrected chi connectivity index (χ0v) is 12.7. The van der Waals surface area contributed by atoms with Crippen molar-refractivity contribution in [3.63, 3.8) is 0 Å². The summed E-state index contributed by atoms with van der Waals surface area (Å²) in [5, 5.41) is 7.99. The monoisotopic (exact) mass is 329 g/mol. The van der Waals surface area contributed by atoms with E-state index < -0.39 is 0 Å². The Morgan fingerprint density at radius 2 is 2.11 bits per heavy atom. The molecule has 1 N–H and O–H groups in total. The summed E-state index contributed by atoms with van der Waals surface area (Å²) in [6, 6.07) is 0. The van der Waals surface area contributed by atoms with Gasteiger partial charge in [-0.2, -0.15) is 5.10 Å². The van der Waals surface area contributed by atoms with Crippen molar-refractivity contribution in [2.24, 2.45) is 7.05 Å². The standard InChI is InChI=1S/C11H13BrClN5/c1-6-8(7(2)18(3)17-6)4-14-11-9(12)10(13)15-5-16-11/h5H,4H2,1-3H3,(H,14,15,16). The summed E-state index contributed by atoms with van der Waals surface area (Å²) in [5.41, 5.74) is 3.31. The lowest BCUT2D eigenvalue weighted by molar-refractivity contribution is 0.730. The van der Waals surface area contributed by atoms with Crippen molar-refractivity contribution in [3.05, 3.63) is 32.9 Å². The Morgan fingerprint density at radius 3 is 2.72 bits per heavy atom. The highest BCUT2D eigenvalue weighted by molar-refractivity contribution is 9.10. The molecule has 2 rings (SSSR count). The van der Waals surface area contributed by atoms with Crippen molar-refractivity contribution in [1.82, 2.24) is 19.7 Å². The summed E-state index contributed by atoms with van der Waals surface area (Å²) in [6.45, 7) is 4.68. The summed E-state index contributed by atoms with van der Waals surface area (Å²) in [4.78, 5) is 8.02. The molecule has 96 valence electrons. The molecule has 5 nitrogen and oxygen atoms in total. The summed E-state index contributed by atoms with van der Waals surface area (Å²) in [5.74, 6) is 0.678. The van der Waals surface area contributed by atoms with Crippen LogP contribution in [0.25, 0.3) is 0 Å². The second kappa shape index (κ2) is 5.24. The molecule has 0 aliphatic rings. The average molecular weight is 331 g/mol. The van der Waals surface area contributed by atoms with Crippen LogP contribution in [0.4, 0.5) is 5.82 Å². The fraction of sp³-hybridized carbons (Fsp3) is 0.364. The molecule has 18 heavy (non-hydrogen) atoms. The summed E-state index contributed by atoms with van der Waals surface area (Å²) in [7, 11) is 1.93. The Balaban J connectivity index is 2.19. The predicted octanol–water partition coefficient (Wildman–Crippen LogP) is 2.85. The van der Waals surface area contributed by atoms with Gasteiger partial charge in [-0.15, -0.1) is 0 Å². The Hall–Kier alpha value is -1.14. The first-order valence-corrected chi connectivity index (χ1v) is 6.56. The molecule has 0 fully saturated rings. The van der Waals surface area contributed by atoms with Gasteiger partial charge in [0.05, 0.1) is 10.2 Å². The van der Waals surface area contributed by atoms with Crippen LogP contribution in [0.2, 0.25) is 5.15 Å². The second-order valence-electron chi connectivity index (χ2n) is 3.95. The molecular formula is C11H13BrClN5. The zero-order chi connectivity index (χ0) is 13.3. The van der Waals surface area contributed by atoms with Crippen molar-refractivity contribution in [3.8, 4) is 0 Å². The molecule has 0 bridgehead atoms. The van der Waals surface area contributed by atoms with Gasteiger partial charge in [0.1, 0.15) is 17.3 Å². The number of nitrogens with one attached hydrogen (secondary N) is 1. The molecule has 0 atom stereocenters. The molecule has 0 saturated carbocycles. The van der Waals surface area contributed by atoms with Crippen LogP contribution in [0.3, 0.4) is 0 Å². The van der Waals surface area contributed by atoms with Crippen LogP contribution in [0.1, 0.15) is 17.0 Å². The summed E-state index contributed by atoms with van der Waals surface area (Å²) >= 11 is 9.26. The highest BCUT2D eigenvalue weighted by Gasteiger charge is 2.11. The van der Waals surface area contributed by atoms with E-state index in [2.05, 4.69) is 36.3 Å². The molecule has 0 saturated heterocycles.